The van der Waals surface area contributed by atoms with Gasteiger partial charge in [0.2, 0.25) is 5.95 Å². The maximum atomic E-state index is 12.6. The Balaban J connectivity index is 3.57. The van der Waals surface area contributed by atoms with Crippen molar-refractivity contribution in [2.24, 2.45) is 0 Å². The molecule has 2 nitrogen and oxygen atoms in total. The summed E-state index contributed by atoms with van der Waals surface area (Å²) in [7, 11) is 0. The average molecular weight is 243 g/mol. The second kappa shape index (κ2) is 4.11. The monoisotopic (exact) mass is 243 g/mol. The topological polar surface area (TPSA) is 30.0 Å². The number of hydrogen-bond donors (Lipinski definition) is 0. The van der Waals surface area contributed by atoms with Gasteiger partial charge in [-0.3, -0.25) is 4.79 Å². The zero-order valence-corrected chi connectivity index (χ0v) is 7.36. The fraction of sp³-hybridized carbons (Fsp3) is 0.250. The third-order valence-electron chi connectivity index (χ3n) is 1.69. The molecule has 0 saturated carbocycles. The molecule has 0 aliphatic carbocycles. The Labute approximate surface area is 84.9 Å². The number of hydrogen-bond acceptors (Lipinski definition) is 2. The van der Waals surface area contributed by atoms with Gasteiger partial charge >= 0.3 is 6.18 Å². The fourth-order valence-corrected chi connectivity index (χ4v) is 1.10. The van der Waals surface area contributed by atoms with Crippen molar-refractivity contribution in [1.29, 1.82) is 0 Å². The van der Waals surface area contributed by atoms with Gasteiger partial charge < -0.3 is 0 Å². The van der Waals surface area contributed by atoms with Gasteiger partial charge in [0.1, 0.15) is 5.69 Å². The number of carbonyl (C=O) groups is 1. The van der Waals surface area contributed by atoms with Crippen LogP contribution in [0.1, 0.15) is 28.0 Å². The molecule has 0 aliphatic rings. The standard InChI is InChI=1S/C8H3F6NO/c9-5-1-3(8(12,13)14)6(7(10)11)4(2-16)15-5/h1-2,7H. The van der Waals surface area contributed by atoms with Crippen molar-refractivity contribution in [3.8, 4) is 0 Å². The first-order valence-corrected chi connectivity index (χ1v) is 3.78. The molecule has 0 bridgehead atoms. The number of aromatic nitrogens is 1. The van der Waals surface area contributed by atoms with E-state index in [9.17, 15) is 31.1 Å². The number of alkyl halides is 5. The van der Waals surface area contributed by atoms with Crippen LogP contribution in [0.25, 0.3) is 0 Å². The van der Waals surface area contributed by atoms with Crippen LogP contribution in [0.3, 0.4) is 0 Å². The van der Waals surface area contributed by atoms with Gasteiger partial charge in [-0.1, -0.05) is 0 Å². The van der Waals surface area contributed by atoms with Crippen LogP contribution < -0.4 is 0 Å². The van der Waals surface area contributed by atoms with Gasteiger partial charge in [0.05, 0.1) is 11.1 Å². The lowest BCUT2D eigenvalue weighted by Crippen LogP contribution is -2.14. The van der Waals surface area contributed by atoms with Crippen molar-refractivity contribution >= 4 is 6.29 Å². The van der Waals surface area contributed by atoms with E-state index >= 15 is 0 Å². The highest BCUT2D eigenvalue weighted by Gasteiger charge is 2.38. The largest absolute Gasteiger partial charge is 0.417 e. The molecule has 0 spiro atoms. The van der Waals surface area contributed by atoms with Crippen molar-refractivity contribution in [1.82, 2.24) is 4.98 Å². The molecule has 0 saturated heterocycles. The lowest BCUT2D eigenvalue weighted by atomic mass is 10.1. The van der Waals surface area contributed by atoms with Crippen LogP contribution in [0.15, 0.2) is 6.07 Å². The minimum Gasteiger partial charge on any atom is -0.296 e. The van der Waals surface area contributed by atoms with Crippen LogP contribution in [0.5, 0.6) is 0 Å². The second-order valence-electron chi connectivity index (χ2n) is 2.71. The van der Waals surface area contributed by atoms with Gasteiger partial charge in [-0.05, 0) is 0 Å². The summed E-state index contributed by atoms with van der Waals surface area (Å²) >= 11 is 0. The van der Waals surface area contributed by atoms with Crippen molar-refractivity contribution in [3.05, 3.63) is 28.8 Å². The summed E-state index contributed by atoms with van der Waals surface area (Å²) in [6.07, 6.45) is -9.09. The number of rotatable bonds is 2. The summed E-state index contributed by atoms with van der Waals surface area (Å²) in [5.74, 6) is -1.64. The zero-order valence-electron chi connectivity index (χ0n) is 7.36. The Kier molecular flexibility index (Phi) is 3.20. The summed E-state index contributed by atoms with van der Waals surface area (Å²) in [5, 5.41) is 0. The zero-order chi connectivity index (χ0) is 12.5. The highest BCUT2D eigenvalue weighted by Crippen LogP contribution is 2.37. The molecule has 0 N–H and O–H groups in total. The number of pyridine rings is 1. The Morgan fingerprint density at radius 2 is 1.88 bits per heavy atom. The fourth-order valence-electron chi connectivity index (χ4n) is 1.10. The molecule has 0 unspecified atom stereocenters. The van der Waals surface area contributed by atoms with Gasteiger partial charge in [0, 0.05) is 6.07 Å². The molecule has 0 fully saturated rings. The Morgan fingerprint density at radius 1 is 1.31 bits per heavy atom. The molecule has 0 aliphatic heterocycles. The number of aldehydes is 1. The smallest absolute Gasteiger partial charge is 0.296 e. The van der Waals surface area contributed by atoms with Gasteiger partial charge in [0.25, 0.3) is 6.43 Å². The van der Waals surface area contributed by atoms with E-state index in [0.717, 1.165) is 0 Å². The van der Waals surface area contributed by atoms with Gasteiger partial charge in [0.15, 0.2) is 6.29 Å². The number of nitrogens with zero attached hydrogens (tertiary/aromatic N) is 1. The van der Waals surface area contributed by atoms with Gasteiger partial charge in [-0.25, -0.2) is 13.8 Å². The van der Waals surface area contributed by atoms with E-state index in [1.165, 1.54) is 0 Å². The van der Waals surface area contributed by atoms with Crippen molar-refractivity contribution in [2.45, 2.75) is 12.6 Å². The molecule has 0 aromatic carbocycles. The molecule has 0 atom stereocenters. The van der Waals surface area contributed by atoms with E-state index in [0.29, 0.717) is 0 Å². The SMILES string of the molecule is O=Cc1nc(F)cc(C(F)(F)F)c1C(F)F. The van der Waals surface area contributed by atoms with Crippen molar-refractivity contribution < 1.29 is 31.1 Å². The second-order valence-corrected chi connectivity index (χ2v) is 2.71. The molecule has 1 heterocycles. The Hall–Kier alpha value is -1.60. The molecule has 16 heavy (non-hydrogen) atoms. The summed E-state index contributed by atoms with van der Waals surface area (Å²) in [6, 6.07) is -0.172. The van der Waals surface area contributed by atoms with Crippen LogP contribution in [0.4, 0.5) is 26.3 Å². The minimum atomic E-state index is -5.17. The summed E-state index contributed by atoms with van der Waals surface area (Å²) in [6.45, 7) is 0. The summed E-state index contributed by atoms with van der Waals surface area (Å²) in [4.78, 5) is 12.9. The maximum absolute atomic E-state index is 12.6. The van der Waals surface area contributed by atoms with E-state index in [1.54, 1.807) is 0 Å². The predicted molar refractivity (Wildman–Crippen MR) is 39.5 cm³/mol. The molecule has 0 radical (unpaired) electrons. The molecule has 1 aromatic heterocycles. The highest BCUT2D eigenvalue weighted by atomic mass is 19.4. The van der Waals surface area contributed by atoms with Crippen molar-refractivity contribution in [3.63, 3.8) is 0 Å². The molecule has 1 rings (SSSR count). The van der Waals surface area contributed by atoms with Crippen LogP contribution in [0, 0.1) is 5.95 Å². The molecule has 88 valence electrons. The van der Waals surface area contributed by atoms with Crippen LogP contribution >= 0.6 is 0 Å². The third kappa shape index (κ3) is 2.31. The quantitative estimate of drug-likeness (QED) is 0.454. The minimum absolute atomic E-state index is 0.172. The third-order valence-corrected chi connectivity index (χ3v) is 1.69. The summed E-state index contributed by atoms with van der Waals surface area (Å²) in [5.41, 5.74) is -4.75. The lowest BCUT2D eigenvalue weighted by molar-refractivity contribution is -0.139. The maximum Gasteiger partial charge on any atom is 0.417 e. The van der Waals surface area contributed by atoms with Gasteiger partial charge in [-0.2, -0.15) is 17.6 Å². The Morgan fingerprint density at radius 3 is 2.25 bits per heavy atom. The summed E-state index contributed by atoms with van der Waals surface area (Å²) < 4.78 is 74.0. The molecule has 0 amide bonds. The van der Waals surface area contributed by atoms with E-state index in [-0.39, 0.29) is 12.4 Å². The number of halogens is 6. The van der Waals surface area contributed by atoms with Crippen LogP contribution in [0.2, 0.25) is 0 Å². The Bertz CT molecular complexity index is 414. The van der Waals surface area contributed by atoms with E-state index in [4.69, 9.17) is 0 Å². The average Bonchev–Trinajstić information content (AvgIpc) is 2.14. The first-order valence-electron chi connectivity index (χ1n) is 3.78. The molecule has 1 aromatic rings. The van der Waals surface area contributed by atoms with Crippen LogP contribution in [-0.4, -0.2) is 11.3 Å². The normalized spacial score (nSPS) is 11.9. The first kappa shape index (κ1) is 12.5. The highest BCUT2D eigenvalue weighted by molar-refractivity contribution is 5.75. The molecule has 8 heteroatoms. The van der Waals surface area contributed by atoms with E-state index in [2.05, 4.69) is 4.98 Å². The van der Waals surface area contributed by atoms with E-state index < -0.39 is 35.4 Å². The van der Waals surface area contributed by atoms with Crippen molar-refractivity contribution in [2.75, 3.05) is 0 Å². The van der Waals surface area contributed by atoms with Crippen LogP contribution in [-0.2, 0) is 6.18 Å². The van der Waals surface area contributed by atoms with Gasteiger partial charge in [-0.15, -0.1) is 0 Å². The molecular weight excluding hydrogens is 240 g/mol. The van der Waals surface area contributed by atoms with E-state index in [1.807, 2.05) is 0 Å². The number of carbonyl (C=O) groups excluding carboxylic acids is 1. The first-order chi connectivity index (χ1) is 7.27. The predicted octanol–water partition coefficient (Wildman–Crippen LogP) is 2.99. The lowest BCUT2D eigenvalue weighted by Gasteiger charge is -2.13. The molecular formula is C8H3F6NO.